The number of nitrogens with one attached hydrogen (secondary N) is 1. The third kappa shape index (κ3) is 4.43. The minimum Gasteiger partial charge on any atom is -0.373 e. The van der Waals surface area contributed by atoms with Crippen molar-refractivity contribution in [1.82, 2.24) is 14.0 Å². The Balaban J connectivity index is 1.90. The molecule has 0 bridgehead atoms. The molecule has 0 unspecified atom stereocenters. The van der Waals surface area contributed by atoms with Crippen LogP contribution in [0.5, 0.6) is 0 Å². The number of nitrogens with zero attached hydrogens (tertiary/aromatic N) is 2. The van der Waals surface area contributed by atoms with Gasteiger partial charge in [-0.1, -0.05) is 36.4 Å². The molecule has 25 heavy (non-hydrogen) atoms. The largest absolute Gasteiger partial charge is 0.373 e. The molecule has 2 heterocycles. The second kappa shape index (κ2) is 7.61. The maximum atomic E-state index is 13.0. The molecule has 6 nitrogen and oxygen atoms in total. The minimum atomic E-state index is -3.68. The van der Waals surface area contributed by atoms with Crippen molar-refractivity contribution in [1.29, 1.82) is 0 Å². The van der Waals surface area contributed by atoms with Gasteiger partial charge in [0.1, 0.15) is 0 Å². The fourth-order valence-corrected chi connectivity index (χ4v) is 4.56. The van der Waals surface area contributed by atoms with E-state index >= 15 is 0 Å². The summed E-state index contributed by atoms with van der Waals surface area (Å²) in [5.41, 5.74) is 1.51. The number of pyridine rings is 1. The molecule has 0 amide bonds. The fourth-order valence-electron chi connectivity index (χ4n) is 3.04. The molecule has 0 aliphatic carbocycles. The van der Waals surface area contributed by atoms with Crippen LogP contribution >= 0.6 is 0 Å². The molecule has 0 radical (unpaired) electrons. The molecule has 1 aromatic carbocycles. The summed E-state index contributed by atoms with van der Waals surface area (Å²) < 4.78 is 35.8. The molecule has 2 aromatic rings. The first-order valence-corrected chi connectivity index (χ1v) is 9.78. The van der Waals surface area contributed by atoms with Crippen molar-refractivity contribution in [3.05, 3.63) is 66.0 Å². The molecule has 1 aromatic heterocycles. The number of hydrogen-bond acceptors (Lipinski definition) is 4. The van der Waals surface area contributed by atoms with Crippen molar-refractivity contribution >= 4 is 10.2 Å². The van der Waals surface area contributed by atoms with E-state index in [0.29, 0.717) is 18.8 Å². The lowest BCUT2D eigenvalue weighted by Gasteiger charge is -2.35. The molecule has 134 valence electrons. The standard InChI is InChI=1S/C18H23N3O3S/c1-14-12-21(13-15(2)24-14)25(22,23)20-18(16-8-4-3-5-9-16)17-10-6-7-11-19-17/h3-11,14-15,18,20H,12-13H2,1-2H3/t14-,15+,18-/m1/s1. The minimum absolute atomic E-state index is 0.134. The summed E-state index contributed by atoms with van der Waals surface area (Å²) >= 11 is 0. The van der Waals surface area contributed by atoms with Crippen LogP contribution < -0.4 is 4.72 Å². The first kappa shape index (κ1) is 18.0. The van der Waals surface area contributed by atoms with Crippen LogP contribution in [-0.4, -0.2) is 43.0 Å². The lowest BCUT2D eigenvalue weighted by Crippen LogP contribution is -2.52. The molecule has 3 atom stereocenters. The Labute approximate surface area is 149 Å². The van der Waals surface area contributed by atoms with Gasteiger partial charge in [0.05, 0.1) is 23.9 Å². The topological polar surface area (TPSA) is 71.5 Å². The predicted molar refractivity (Wildman–Crippen MR) is 96.2 cm³/mol. The van der Waals surface area contributed by atoms with Gasteiger partial charge in [-0.15, -0.1) is 0 Å². The second-order valence-electron chi connectivity index (χ2n) is 6.30. The number of ether oxygens (including phenoxy) is 1. The molecule has 1 saturated heterocycles. The highest BCUT2D eigenvalue weighted by Gasteiger charge is 2.33. The summed E-state index contributed by atoms with van der Waals surface area (Å²) in [6.45, 7) is 4.43. The summed E-state index contributed by atoms with van der Waals surface area (Å²) in [5.74, 6) is 0. The Morgan fingerprint density at radius 2 is 1.72 bits per heavy atom. The van der Waals surface area contributed by atoms with Crippen molar-refractivity contribution in [2.45, 2.75) is 32.1 Å². The zero-order chi connectivity index (χ0) is 17.9. The van der Waals surface area contributed by atoms with Crippen molar-refractivity contribution in [3.63, 3.8) is 0 Å². The van der Waals surface area contributed by atoms with Gasteiger partial charge in [0.25, 0.3) is 10.2 Å². The third-order valence-corrected chi connectivity index (χ3v) is 5.62. The van der Waals surface area contributed by atoms with Gasteiger partial charge in [0.15, 0.2) is 0 Å². The van der Waals surface area contributed by atoms with E-state index in [-0.39, 0.29) is 12.2 Å². The normalized spacial score (nSPS) is 23.3. The van der Waals surface area contributed by atoms with Crippen LogP contribution in [-0.2, 0) is 14.9 Å². The molecule has 3 rings (SSSR count). The summed E-state index contributed by atoms with van der Waals surface area (Å²) in [4.78, 5) is 4.34. The van der Waals surface area contributed by atoms with Crippen molar-refractivity contribution in [2.24, 2.45) is 0 Å². The molecule has 0 saturated carbocycles. The van der Waals surface area contributed by atoms with Crippen LogP contribution in [0.25, 0.3) is 0 Å². The van der Waals surface area contributed by atoms with E-state index in [2.05, 4.69) is 9.71 Å². The monoisotopic (exact) mass is 361 g/mol. The first-order valence-electron chi connectivity index (χ1n) is 8.34. The molecule has 7 heteroatoms. The average molecular weight is 361 g/mol. The fraction of sp³-hybridized carbons (Fsp3) is 0.389. The van der Waals surface area contributed by atoms with Crippen LogP contribution in [0.3, 0.4) is 0 Å². The number of hydrogen-bond donors (Lipinski definition) is 1. The Hall–Kier alpha value is -1.80. The van der Waals surface area contributed by atoms with E-state index in [0.717, 1.165) is 5.56 Å². The summed E-state index contributed by atoms with van der Waals surface area (Å²) in [6, 6.07) is 14.4. The van der Waals surface area contributed by atoms with Gasteiger partial charge < -0.3 is 4.74 Å². The van der Waals surface area contributed by atoms with Gasteiger partial charge >= 0.3 is 0 Å². The molecular weight excluding hydrogens is 338 g/mol. The predicted octanol–water partition coefficient (Wildman–Crippen LogP) is 2.11. The number of aromatic nitrogens is 1. The Kier molecular flexibility index (Phi) is 5.48. The Morgan fingerprint density at radius 1 is 1.08 bits per heavy atom. The summed E-state index contributed by atoms with van der Waals surface area (Å²) in [6.07, 6.45) is 1.40. The van der Waals surface area contributed by atoms with Crippen molar-refractivity contribution in [3.8, 4) is 0 Å². The van der Waals surface area contributed by atoms with Gasteiger partial charge in [-0.2, -0.15) is 17.4 Å². The highest BCUT2D eigenvalue weighted by Crippen LogP contribution is 2.23. The highest BCUT2D eigenvalue weighted by atomic mass is 32.2. The summed E-state index contributed by atoms with van der Waals surface area (Å²) in [5, 5.41) is 0. The second-order valence-corrected chi connectivity index (χ2v) is 8.00. The molecular formula is C18H23N3O3S. The van der Waals surface area contributed by atoms with E-state index in [9.17, 15) is 8.42 Å². The first-order chi connectivity index (χ1) is 12.0. The lowest BCUT2D eigenvalue weighted by molar-refractivity contribution is -0.0444. The number of rotatable bonds is 5. The highest BCUT2D eigenvalue weighted by molar-refractivity contribution is 7.87. The summed E-state index contributed by atoms with van der Waals surface area (Å²) in [7, 11) is -3.68. The SMILES string of the molecule is C[C@@H]1CN(S(=O)(=O)N[C@H](c2ccccc2)c2ccccn2)C[C@H](C)O1. The molecule has 1 aliphatic rings. The van der Waals surface area contributed by atoms with Crippen LogP contribution in [0.4, 0.5) is 0 Å². The van der Waals surface area contributed by atoms with E-state index in [1.54, 1.807) is 6.20 Å². The van der Waals surface area contributed by atoms with E-state index in [4.69, 9.17) is 4.74 Å². The molecule has 0 spiro atoms. The number of benzene rings is 1. The van der Waals surface area contributed by atoms with Crippen molar-refractivity contribution in [2.75, 3.05) is 13.1 Å². The van der Waals surface area contributed by atoms with Crippen LogP contribution in [0.1, 0.15) is 31.1 Å². The quantitative estimate of drug-likeness (QED) is 0.885. The van der Waals surface area contributed by atoms with E-state index in [1.807, 2.05) is 62.4 Å². The van der Waals surface area contributed by atoms with Gasteiger partial charge in [-0.3, -0.25) is 4.98 Å². The number of morpholine rings is 1. The van der Waals surface area contributed by atoms with Crippen LogP contribution in [0, 0.1) is 0 Å². The third-order valence-electron chi connectivity index (χ3n) is 4.11. The average Bonchev–Trinajstić information content (AvgIpc) is 2.60. The van der Waals surface area contributed by atoms with E-state index in [1.165, 1.54) is 4.31 Å². The molecule has 1 N–H and O–H groups in total. The zero-order valence-electron chi connectivity index (χ0n) is 14.4. The Bertz CT molecular complexity index is 734. The van der Waals surface area contributed by atoms with Crippen LogP contribution in [0.2, 0.25) is 0 Å². The maximum Gasteiger partial charge on any atom is 0.280 e. The van der Waals surface area contributed by atoms with Crippen LogP contribution in [0.15, 0.2) is 54.7 Å². The van der Waals surface area contributed by atoms with Gasteiger partial charge in [-0.05, 0) is 31.5 Å². The van der Waals surface area contributed by atoms with Crippen molar-refractivity contribution < 1.29 is 13.2 Å². The Morgan fingerprint density at radius 3 is 2.32 bits per heavy atom. The van der Waals surface area contributed by atoms with Gasteiger partial charge in [-0.25, -0.2) is 0 Å². The lowest BCUT2D eigenvalue weighted by atomic mass is 10.0. The molecule has 1 fully saturated rings. The smallest absolute Gasteiger partial charge is 0.280 e. The van der Waals surface area contributed by atoms with Gasteiger partial charge in [0.2, 0.25) is 0 Å². The van der Waals surface area contributed by atoms with Gasteiger partial charge in [0, 0.05) is 19.3 Å². The molecule has 1 aliphatic heterocycles. The zero-order valence-corrected chi connectivity index (χ0v) is 15.2. The van der Waals surface area contributed by atoms with E-state index < -0.39 is 16.3 Å². The maximum absolute atomic E-state index is 13.0.